The molecule has 130 valence electrons. The number of fused-ring (bicyclic) bond motifs is 1. The highest BCUT2D eigenvalue weighted by atomic mass is 16.1. The van der Waals surface area contributed by atoms with Crippen molar-refractivity contribution in [1.82, 2.24) is 9.97 Å². The number of carbonyl (C=O) groups is 1. The number of hydrogen-bond acceptors (Lipinski definition) is 6. The van der Waals surface area contributed by atoms with Gasteiger partial charge in [-0.1, -0.05) is 12.1 Å². The molecule has 6 heteroatoms. The van der Waals surface area contributed by atoms with E-state index in [1.807, 2.05) is 36.4 Å². The maximum absolute atomic E-state index is 12.9. The third kappa shape index (κ3) is 3.09. The molecule has 1 aliphatic heterocycles. The van der Waals surface area contributed by atoms with E-state index < -0.39 is 0 Å². The van der Waals surface area contributed by atoms with Crippen molar-refractivity contribution < 1.29 is 4.79 Å². The molecule has 2 heterocycles. The smallest absolute Gasteiger partial charge is 0.224 e. The molecule has 3 N–H and O–H groups in total. The van der Waals surface area contributed by atoms with Crippen LogP contribution in [0.5, 0.6) is 0 Å². The van der Waals surface area contributed by atoms with E-state index in [2.05, 4.69) is 32.0 Å². The van der Waals surface area contributed by atoms with Gasteiger partial charge in [-0.2, -0.15) is 4.98 Å². The normalized spacial score (nSPS) is 12.2. The lowest BCUT2D eigenvalue weighted by Gasteiger charge is -2.10. The molecule has 1 aliphatic rings. The van der Waals surface area contributed by atoms with Crippen molar-refractivity contribution in [3.63, 3.8) is 0 Å². The monoisotopic (exact) mass is 345 g/mol. The Labute approximate surface area is 151 Å². The van der Waals surface area contributed by atoms with E-state index in [-0.39, 0.29) is 5.78 Å². The van der Waals surface area contributed by atoms with Crippen molar-refractivity contribution in [1.29, 1.82) is 0 Å². The first-order chi connectivity index (χ1) is 12.7. The van der Waals surface area contributed by atoms with Crippen LogP contribution < -0.4 is 16.0 Å². The summed E-state index contributed by atoms with van der Waals surface area (Å²) in [5, 5.41) is 9.44. The molecule has 0 saturated carbocycles. The van der Waals surface area contributed by atoms with Gasteiger partial charge in [0.1, 0.15) is 5.82 Å². The van der Waals surface area contributed by atoms with Crippen LogP contribution >= 0.6 is 0 Å². The maximum Gasteiger partial charge on any atom is 0.224 e. The molecule has 0 radical (unpaired) electrons. The summed E-state index contributed by atoms with van der Waals surface area (Å²) in [6, 6.07) is 15.1. The summed E-state index contributed by atoms with van der Waals surface area (Å²) in [7, 11) is 1.77. The van der Waals surface area contributed by atoms with Gasteiger partial charge in [-0.25, -0.2) is 4.98 Å². The molecule has 0 atom stereocenters. The molecule has 6 nitrogen and oxygen atoms in total. The number of ketones is 1. The highest BCUT2D eigenvalue weighted by molar-refractivity contribution is 6.13. The van der Waals surface area contributed by atoms with Crippen LogP contribution in [0.25, 0.3) is 0 Å². The summed E-state index contributed by atoms with van der Waals surface area (Å²) in [6.45, 7) is 0.885. The lowest BCUT2D eigenvalue weighted by Crippen LogP contribution is -2.05. The first-order valence-electron chi connectivity index (χ1n) is 8.53. The lowest BCUT2D eigenvalue weighted by molar-refractivity contribution is 0.103. The molecule has 0 unspecified atom stereocenters. The summed E-state index contributed by atoms with van der Waals surface area (Å²) < 4.78 is 0. The molecule has 0 fully saturated rings. The standard InChI is InChI=1S/C20H19N5O/c1-21-20-23-12-10-17(25-20)24-15-7-5-14(6-8-15)19(26)16-4-2-3-13-9-11-22-18(13)16/h2-8,10,12,22H,9,11H2,1H3,(H2,21,23,24,25). The Morgan fingerprint density at radius 2 is 1.96 bits per heavy atom. The van der Waals surface area contributed by atoms with Crippen LogP contribution in [0.2, 0.25) is 0 Å². The molecule has 26 heavy (non-hydrogen) atoms. The zero-order valence-electron chi connectivity index (χ0n) is 14.4. The number of aromatic nitrogens is 2. The zero-order chi connectivity index (χ0) is 17.9. The summed E-state index contributed by atoms with van der Waals surface area (Å²) in [5.41, 5.74) is 4.43. The topological polar surface area (TPSA) is 78.9 Å². The molecule has 0 amide bonds. The molecular formula is C20H19N5O. The molecule has 2 aromatic carbocycles. The second-order valence-corrected chi connectivity index (χ2v) is 6.06. The highest BCUT2D eigenvalue weighted by Gasteiger charge is 2.19. The Morgan fingerprint density at radius 1 is 1.12 bits per heavy atom. The largest absolute Gasteiger partial charge is 0.384 e. The Kier molecular flexibility index (Phi) is 4.23. The SMILES string of the molecule is CNc1nccc(Nc2ccc(C(=O)c3cccc4c3NCC4)cc2)n1. The summed E-state index contributed by atoms with van der Waals surface area (Å²) in [4.78, 5) is 21.3. The van der Waals surface area contributed by atoms with E-state index in [1.54, 1.807) is 19.3 Å². The third-order valence-electron chi connectivity index (χ3n) is 4.39. The number of nitrogens with one attached hydrogen (secondary N) is 3. The van der Waals surface area contributed by atoms with Crippen LogP contribution in [0, 0.1) is 0 Å². The van der Waals surface area contributed by atoms with Crippen molar-refractivity contribution in [2.75, 3.05) is 29.5 Å². The van der Waals surface area contributed by atoms with E-state index >= 15 is 0 Å². The van der Waals surface area contributed by atoms with Gasteiger partial charge in [-0.15, -0.1) is 0 Å². The van der Waals surface area contributed by atoms with Crippen LogP contribution in [-0.2, 0) is 6.42 Å². The average Bonchev–Trinajstić information content (AvgIpc) is 3.17. The minimum absolute atomic E-state index is 0.0299. The van der Waals surface area contributed by atoms with Gasteiger partial charge < -0.3 is 16.0 Å². The van der Waals surface area contributed by atoms with E-state index in [0.717, 1.165) is 29.9 Å². The number of carbonyl (C=O) groups excluding carboxylic acids is 1. The second kappa shape index (κ2) is 6.84. The van der Waals surface area contributed by atoms with Crippen molar-refractivity contribution in [2.24, 2.45) is 0 Å². The first-order valence-corrected chi connectivity index (χ1v) is 8.53. The van der Waals surface area contributed by atoms with Crippen molar-refractivity contribution in [3.8, 4) is 0 Å². The fourth-order valence-corrected chi connectivity index (χ4v) is 3.09. The van der Waals surface area contributed by atoms with Crippen molar-refractivity contribution >= 4 is 28.9 Å². The van der Waals surface area contributed by atoms with Crippen LogP contribution in [0.3, 0.4) is 0 Å². The fraction of sp³-hybridized carbons (Fsp3) is 0.150. The van der Waals surface area contributed by atoms with Gasteiger partial charge in [-0.3, -0.25) is 4.79 Å². The van der Waals surface area contributed by atoms with Crippen molar-refractivity contribution in [2.45, 2.75) is 6.42 Å². The minimum atomic E-state index is 0.0299. The molecular weight excluding hydrogens is 326 g/mol. The number of nitrogens with zero attached hydrogens (tertiary/aromatic N) is 2. The summed E-state index contributed by atoms with van der Waals surface area (Å²) in [5.74, 6) is 1.27. The summed E-state index contributed by atoms with van der Waals surface area (Å²) in [6.07, 6.45) is 2.65. The van der Waals surface area contributed by atoms with Gasteiger partial charge >= 0.3 is 0 Å². The number of rotatable bonds is 5. The Balaban J connectivity index is 1.54. The summed E-state index contributed by atoms with van der Waals surface area (Å²) >= 11 is 0. The van der Waals surface area contributed by atoms with Crippen LogP contribution in [0.1, 0.15) is 21.5 Å². The van der Waals surface area contributed by atoms with E-state index in [9.17, 15) is 4.79 Å². The Morgan fingerprint density at radius 3 is 2.77 bits per heavy atom. The lowest BCUT2D eigenvalue weighted by atomic mass is 9.99. The van der Waals surface area contributed by atoms with Crippen molar-refractivity contribution in [3.05, 3.63) is 71.4 Å². The van der Waals surface area contributed by atoms with E-state index in [0.29, 0.717) is 17.3 Å². The van der Waals surface area contributed by atoms with E-state index in [4.69, 9.17) is 0 Å². The highest BCUT2D eigenvalue weighted by Crippen LogP contribution is 2.28. The van der Waals surface area contributed by atoms with Gasteiger partial charge in [0.2, 0.25) is 5.95 Å². The van der Waals surface area contributed by atoms with Crippen LogP contribution in [-0.4, -0.2) is 29.3 Å². The second-order valence-electron chi connectivity index (χ2n) is 6.06. The minimum Gasteiger partial charge on any atom is -0.384 e. The maximum atomic E-state index is 12.9. The zero-order valence-corrected chi connectivity index (χ0v) is 14.4. The van der Waals surface area contributed by atoms with Gasteiger partial charge in [0.15, 0.2) is 5.78 Å². The fourth-order valence-electron chi connectivity index (χ4n) is 3.09. The predicted octanol–water partition coefficient (Wildman–Crippen LogP) is 3.46. The number of benzene rings is 2. The number of hydrogen-bond donors (Lipinski definition) is 3. The third-order valence-corrected chi connectivity index (χ3v) is 4.39. The molecule has 0 spiro atoms. The van der Waals surface area contributed by atoms with Gasteiger partial charge in [0.05, 0.1) is 0 Å². The average molecular weight is 345 g/mol. The number of anilines is 4. The van der Waals surface area contributed by atoms with Crippen LogP contribution in [0.15, 0.2) is 54.7 Å². The van der Waals surface area contributed by atoms with E-state index in [1.165, 1.54) is 5.56 Å². The Hall–Kier alpha value is -3.41. The first kappa shape index (κ1) is 16.1. The molecule has 0 saturated heterocycles. The van der Waals surface area contributed by atoms with Gasteiger partial charge in [0.25, 0.3) is 0 Å². The van der Waals surface area contributed by atoms with Gasteiger partial charge in [0, 0.05) is 42.3 Å². The molecule has 0 aliphatic carbocycles. The van der Waals surface area contributed by atoms with Crippen LogP contribution in [0.4, 0.5) is 23.1 Å². The molecule has 0 bridgehead atoms. The molecule has 3 aromatic rings. The predicted molar refractivity (Wildman–Crippen MR) is 103 cm³/mol. The molecule has 1 aromatic heterocycles. The quantitative estimate of drug-likeness (QED) is 0.615. The van der Waals surface area contributed by atoms with Gasteiger partial charge in [-0.05, 0) is 48.4 Å². The Bertz CT molecular complexity index is 953. The number of para-hydroxylation sites is 1. The molecule has 4 rings (SSSR count).